The number of thiocarbonyl (C=S) groups is 1. The fraction of sp³-hybridized carbons (Fsp3) is 0.917. The molecule has 0 aromatic rings. The predicted molar refractivity (Wildman–Crippen MR) is 78.9 cm³/mol. The lowest BCUT2D eigenvalue weighted by Gasteiger charge is -2.26. The zero-order chi connectivity index (χ0) is 13.8. The number of hydrogen-bond donors (Lipinski definition) is 2. The Morgan fingerprint density at radius 3 is 2.44 bits per heavy atom. The molecule has 0 aromatic heterocycles. The molecule has 1 aliphatic carbocycles. The molecule has 1 unspecified atom stereocenters. The molecule has 0 heterocycles. The van der Waals surface area contributed by atoms with Gasteiger partial charge in [0.2, 0.25) is 10.0 Å². The summed E-state index contributed by atoms with van der Waals surface area (Å²) in [6.07, 6.45) is 5.87. The Balaban J connectivity index is 2.31. The summed E-state index contributed by atoms with van der Waals surface area (Å²) in [6.45, 7) is 4.30. The highest BCUT2D eigenvalue weighted by Crippen LogP contribution is 2.29. The molecule has 6 heteroatoms. The van der Waals surface area contributed by atoms with Crippen LogP contribution in [-0.4, -0.2) is 25.2 Å². The van der Waals surface area contributed by atoms with Crippen LogP contribution in [0.15, 0.2) is 0 Å². The smallest absolute Gasteiger partial charge is 0.220 e. The van der Waals surface area contributed by atoms with Gasteiger partial charge < -0.3 is 5.73 Å². The van der Waals surface area contributed by atoms with Crippen LogP contribution in [0.2, 0.25) is 0 Å². The molecule has 0 spiro atoms. The van der Waals surface area contributed by atoms with Crippen LogP contribution in [0.1, 0.15) is 46.0 Å². The van der Waals surface area contributed by atoms with Gasteiger partial charge in [0, 0.05) is 6.54 Å². The molecule has 0 radical (unpaired) electrons. The SMILES string of the molecule is CC1CCC(CCNS(=O)(=O)C(C)C(N)=S)CC1. The maximum atomic E-state index is 11.8. The molecule has 1 saturated carbocycles. The van der Waals surface area contributed by atoms with Gasteiger partial charge in [-0.2, -0.15) is 0 Å². The van der Waals surface area contributed by atoms with E-state index in [0.29, 0.717) is 12.5 Å². The van der Waals surface area contributed by atoms with Crippen molar-refractivity contribution in [1.82, 2.24) is 4.72 Å². The minimum absolute atomic E-state index is 0.0222. The summed E-state index contributed by atoms with van der Waals surface area (Å²) in [5.41, 5.74) is 5.36. The van der Waals surface area contributed by atoms with Crippen molar-refractivity contribution in [3.63, 3.8) is 0 Å². The third-order valence-corrected chi connectivity index (χ3v) is 6.15. The van der Waals surface area contributed by atoms with Gasteiger partial charge in [-0.25, -0.2) is 13.1 Å². The summed E-state index contributed by atoms with van der Waals surface area (Å²) in [5, 5.41) is -0.793. The molecule has 3 N–H and O–H groups in total. The lowest BCUT2D eigenvalue weighted by Crippen LogP contribution is -2.40. The van der Waals surface area contributed by atoms with Gasteiger partial charge in [-0.05, 0) is 25.2 Å². The van der Waals surface area contributed by atoms with Gasteiger partial charge in [0.1, 0.15) is 5.25 Å². The molecule has 1 atom stereocenters. The standard InChI is InChI=1S/C12H24N2O2S2/c1-9-3-5-11(6-4-9)7-8-14-18(15,16)10(2)12(13)17/h9-11,14H,3-8H2,1-2H3,(H2,13,17). The fourth-order valence-electron chi connectivity index (χ4n) is 2.30. The minimum atomic E-state index is -3.39. The Morgan fingerprint density at radius 2 is 1.94 bits per heavy atom. The lowest BCUT2D eigenvalue weighted by atomic mass is 9.81. The zero-order valence-electron chi connectivity index (χ0n) is 11.2. The number of hydrogen-bond acceptors (Lipinski definition) is 3. The molecule has 0 aliphatic heterocycles. The molecule has 1 aliphatic rings. The monoisotopic (exact) mass is 292 g/mol. The molecule has 18 heavy (non-hydrogen) atoms. The number of rotatable bonds is 6. The summed E-state index contributed by atoms with van der Waals surface area (Å²) < 4.78 is 26.2. The second kappa shape index (κ2) is 6.82. The molecular weight excluding hydrogens is 268 g/mol. The van der Waals surface area contributed by atoms with Crippen molar-refractivity contribution >= 4 is 27.2 Å². The summed E-state index contributed by atoms with van der Waals surface area (Å²) >= 11 is 4.71. The normalized spacial score (nSPS) is 26.8. The highest BCUT2D eigenvalue weighted by Gasteiger charge is 2.23. The summed E-state index contributed by atoms with van der Waals surface area (Å²) in [7, 11) is -3.39. The highest BCUT2D eigenvalue weighted by atomic mass is 32.2. The molecule has 0 saturated heterocycles. The average Bonchev–Trinajstić information content (AvgIpc) is 2.30. The van der Waals surface area contributed by atoms with Crippen LogP contribution in [0.3, 0.4) is 0 Å². The first-order valence-electron chi connectivity index (χ1n) is 6.60. The predicted octanol–water partition coefficient (Wildman–Crippen LogP) is 1.80. The van der Waals surface area contributed by atoms with Crippen molar-refractivity contribution in [2.45, 2.75) is 51.2 Å². The van der Waals surface area contributed by atoms with Crippen LogP contribution in [0.4, 0.5) is 0 Å². The Kier molecular flexibility index (Phi) is 6.01. The Bertz CT molecular complexity index is 374. The van der Waals surface area contributed by atoms with Gasteiger partial charge in [0.15, 0.2) is 0 Å². The molecular formula is C12H24N2O2S2. The number of sulfonamides is 1. The van der Waals surface area contributed by atoms with E-state index in [2.05, 4.69) is 11.6 Å². The van der Waals surface area contributed by atoms with E-state index in [0.717, 1.165) is 12.3 Å². The van der Waals surface area contributed by atoms with E-state index in [-0.39, 0.29) is 4.99 Å². The average molecular weight is 292 g/mol. The van der Waals surface area contributed by atoms with Gasteiger partial charge in [0.05, 0.1) is 4.99 Å². The van der Waals surface area contributed by atoms with Crippen molar-refractivity contribution < 1.29 is 8.42 Å². The Labute approximate surface area is 116 Å². The first-order valence-corrected chi connectivity index (χ1v) is 8.56. The highest BCUT2D eigenvalue weighted by molar-refractivity contribution is 7.93. The van der Waals surface area contributed by atoms with Crippen LogP contribution in [0, 0.1) is 11.8 Å². The molecule has 0 aromatic carbocycles. The molecule has 0 amide bonds. The zero-order valence-corrected chi connectivity index (χ0v) is 12.8. The second-order valence-corrected chi connectivity index (χ2v) is 7.96. The van der Waals surface area contributed by atoms with Gasteiger partial charge >= 0.3 is 0 Å². The van der Waals surface area contributed by atoms with E-state index >= 15 is 0 Å². The minimum Gasteiger partial charge on any atom is -0.392 e. The van der Waals surface area contributed by atoms with Crippen LogP contribution < -0.4 is 10.5 Å². The second-order valence-electron chi connectivity index (χ2n) is 5.40. The lowest BCUT2D eigenvalue weighted by molar-refractivity contribution is 0.278. The third-order valence-electron chi connectivity index (χ3n) is 3.86. The van der Waals surface area contributed by atoms with Gasteiger partial charge in [0.25, 0.3) is 0 Å². The van der Waals surface area contributed by atoms with Crippen LogP contribution in [0.5, 0.6) is 0 Å². The summed E-state index contributed by atoms with van der Waals surface area (Å²) in [5.74, 6) is 1.48. The van der Waals surface area contributed by atoms with E-state index in [4.69, 9.17) is 18.0 Å². The third kappa shape index (κ3) is 4.82. The first-order chi connectivity index (χ1) is 8.33. The largest absolute Gasteiger partial charge is 0.392 e. The van der Waals surface area contributed by atoms with E-state index in [9.17, 15) is 8.42 Å². The van der Waals surface area contributed by atoms with Crippen molar-refractivity contribution in [3.8, 4) is 0 Å². The fourth-order valence-corrected chi connectivity index (χ4v) is 3.64. The maximum absolute atomic E-state index is 11.8. The molecule has 1 rings (SSSR count). The van der Waals surface area contributed by atoms with E-state index in [1.54, 1.807) is 0 Å². The Morgan fingerprint density at radius 1 is 1.39 bits per heavy atom. The van der Waals surface area contributed by atoms with Crippen LogP contribution in [0.25, 0.3) is 0 Å². The van der Waals surface area contributed by atoms with Gasteiger partial charge in [-0.3, -0.25) is 0 Å². The molecule has 0 bridgehead atoms. The van der Waals surface area contributed by atoms with Crippen molar-refractivity contribution in [1.29, 1.82) is 0 Å². The van der Waals surface area contributed by atoms with Gasteiger partial charge in [-0.1, -0.05) is 44.8 Å². The van der Waals surface area contributed by atoms with E-state index in [1.807, 2.05) is 0 Å². The number of nitrogens with two attached hydrogens (primary N) is 1. The van der Waals surface area contributed by atoms with E-state index < -0.39 is 15.3 Å². The quantitative estimate of drug-likeness (QED) is 0.732. The maximum Gasteiger partial charge on any atom is 0.220 e. The number of nitrogens with one attached hydrogen (secondary N) is 1. The summed E-state index contributed by atoms with van der Waals surface area (Å²) in [4.78, 5) is 0.0222. The summed E-state index contributed by atoms with van der Waals surface area (Å²) in [6, 6.07) is 0. The molecule has 4 nitrogen and oxygen atoms in total. The van der Waals surface area contributed by atoms with Crippen molar-refractivity contribution in [2.75, 3.05) is 6.54 Å². The van der Waals surface area contributed by atoms with Crippen molar-refractivity contribution in [2.24, 2.45) is 17.6 Å². The molecule has 106 valence electrons. The van der Waals surface area contributed by atoms with Crippen LogP contribution in [-0.2, 0) is 10.0 Å². The Hall–Kier alpha value is -0.200. The topological polar surface area (TPSA) is 72.2 Å². The van der Waals surface area contributed by atoms with Crippen molar-refractivity contribution in [3.05, 3.63) is 0 Å². The van der Waals surface area contributed by atoms with E-state index in [1.165, 1.54) is 32.6 Å². The first kappa shape index (κ1) is 15.9. The van der Waals surface area contributed by atoms with Gasteiger partial charge in [-0.15, -0.1) is 0 Å². The molecule has 1 fully saturated rings. The van der Waals surface area contributed by atoms with Crippen LogP contribution >= 0.6 is 12.2 Å².